The van der Waals surface area contributed by atoms with Crippen molar-refractivity contribution in [2.45, 2.75) is 25.8 Å². The predicted octanol–water partition coefficient (Wildman–Crippen LogP) is -0.515. The van der Waals surface area contributed by atoms with Crippen molar-refractivity contribution in [3.8, 4) is 0 Å². The maximum Gasteiger partial charge on any atom is 0.220 e. The molecule has 0 heterocycles. The van der Waals surface area contributed by atoms with Gasteiger partial charge in [-0.05, 0) is 18.9 Å². The summed E-state index contributed by atoms with van der Waals surface area (Å²) in [6.45, 7) is 2.82. The van der Waals surface area contributed by atoms with Crippen LogP contribution in [0.25, 0.3) is 0 Å². The first-order valence-electron chi connectivity index (χ1n) is 5.23. The first-order chi connectivity index (χ1) is 7.13. The molecule has 15 heavy (non-hydrogen) atoms. The van der Waals surface area contributed by atoms with Crippen LogP contribution in [0.1, 0.15) is 19.8 Å². The summed E-state index contributed by atoms with van der Waals surface area (Å²) in [5, 5.41) is 11.6. The lowest BCUT2D eigenvalue weighted by Crippen LogP contribution is -2.40. The molecule has 0 fully saturated rings. The Kier molecular flexibility index (Phi) is 8.27. The quantitative estimate of drug-likeness (QED) is 0.512. The van der Waals surface area contributed by atoms with Crippen LogP contribution in [-0.2, 0) is 9.53 Å². The van der Waals surface area contributed by atoms with E-state index in [0.29, 0.717) is 25.5 Å². The number of nitrogens with two attached hydrogens (primary N) is 1. The molecular weight excluding hydrogens is 196 g/mol. The highest BCUT2D eigenvalue weighted by molar-refractivity contribution is 5.76. The number of carbonyl (C=O) groups is 1. The number of rotatable bonds is 8. The predicted molar refractivity (Wildman–Crippen MR) is 58.3 cm³/mol. The van der Waals surface area contributed by atoms with Gasteiger partial charge in [-0.1, -0.05) is 6.92 Å². The van der Waals surface area contributed by atoms with Crippen LogP contribution < -0.4 is 11.1 Å². The van der Waals surface area contributed by atoms with Gasteiger partial charge in [0, 0.05) is 13.5 Å². The smallest absolute Gasteiger partial charge is 0.220 e. The second-order valence-electron chi connectivity index (χ2n) is 3.78. The number of nitrogens with one attached hydrogen (secondary N) is 1. The minimum Gasteiger partial charge on any atom is -0.394 e. The summed E-state index contributed by atoms with van der Waals surface area (Å²) in [6.07, 6.45) is 1.21. The molecule has 0 aliphatic heterocycles. The van der Waals surface area contributed by atoms with E-state index in [1.165, 1.54) is 7.11 Å². The molecule has 0 aromatic carbocycles. The third kappa shape index (κ3) is 7.30. The Bertz CT molecular complexity index is 176. The average Bonchev–Trinajstić information content (AvgIpc) is 2.25. The number of carbonyl (C=O) groups excluding carboxylic acids is 1. The molecule has 90 valence electrons. The fraction of sp³-hybridized carbons (Fsp3) is 0.900. The van der Waals surface area contributed by atoms with Crippen LogP contribution in [-0.4, -0.2) is 43.9 Å². The van der Waals surface area contributed by atoms with Crippen molar-refractivity contribution < 1.29 is 14.6 Å². The van der Waals surface area contributed by atoms with E-state index in [4.69, 9.17) is 15.6 Å². The molecule has 2 atom stereocenters. The minimum atomic E-state index is -0.310. The molecule has 0 radical (unpaired) electrons. The summed E-state index contributed by atoms with van der Waals surface area (Å²) in [5.41, 5.74) is 5.44. The number of amides is 1. The van der Waals surface area contributed by atoms with Gasteiger partial charge < -0.3 is 20.9 Å². The number of ether oxygens (including phenoxy) is 1. The van der Waals surface area contributed by atoms with Gasteiger partial charge in [0.05, 0.1) is 19.3 Å². The average molecular weight is 218 g/mol. The molecule has 0 aliphatic carbocycles. The molecule has 1 amide bonds. The number of methoxy groups -OCH3 is 1. The van der Waals surface area contributed by atoms with E-state index in [1.807, 2.05) is 6.92 Å². The molecular formula is C10H22N2O3. The third-order valence-corrected chi connectivity index (χ3v) is 2.22. The van der Waals surface area contributed by atoms with Crippen molar-refractivity contribution in [3.05, 3.63) is 0 Å². The normalized spacial score (nSPS) is 14.7. The highest BCUT2D eigenvalue weighted by atomic mass is 16.5. The minimum absolute atomic E-state index is 0.0635. The molecule has 2 unspecified atom stereocenters. The Hall–Kier alpha value is -0.650. The number of aliphatic hydroxyl groups excluding tert-OH is 1. The molecule has 0 aromatic rings. The summed E-state index contributed by atoms with van der Waals surface area (Å²) >= 11 is 0. The summed E-state index contributed by atoms with van der Waals surface area (Å²) in [5.74, 6) is 0.289. The fourth-order valence-corrected chi connectivity index (χ4v) is 1.14. The number of hydrogen-bond donors (Lipinski definition) is 3. The fourth-order valence-electron chi connectivity index (χ4n) is 1.14. The zero-order valence-electron chi connectivity index (χ0n) is 9.53. The zero-order valence-corrected chi connectivity index (χ0v) is 9.53. The lowest BCUT2D eigenvalue weighted by molar-refractivity contribution is -0.122. The molecule has 4 N–H and O–H groups in total. The maximum atomic E-state index is 11.4. The SMILES string of the molecule is COCC(CO)NC(=O)CCC(C)CN. The monoisotopic (exact) mass is 218 g/mol. The van der Waals surface area contributed by atoms with Crippen LogP contribution in [0, 0.1) is 5.92 Å². The van der Waals surface area contributed by atoms with Gasteiger partial charge in [0.15, 0.2) is 0 Å². The maximum absolute atomic E-state index is 11.4. The topological polar surface area (TPSA) is 84.6 Å². The van der Waals surface area contributed by atoms with Crippen LogP contribution in [0.2, 0.25) is 0 Å². The van der Waals surface area contributed by atoms with Crippen molar-refractivity contribution in [2.75, 3.05) is 26.9 Å². The van der Waals surface area contributed by atoms with Crippen LogP contribution in [0.3, 0.4) is 0 Å². The van der Waals surface area contributed by atoms with Gasteiger partial charge in [-0.2, -0.15) is 0 Å². The van der Waals surface area contributed by atoms with Gasteiger partial charge in [-0.15, -0.1) is 0 Å². The third-order valence-electron chi connectivity index (χ3n) is 2.22. The van der Waals surface area contributed by atoms with Gasteiger partial charge in [-0.25, -0.2) is 0 Å². The Morgan fingerprint density at radius 2 is 2.27 bits per heavy atom. The van der Waals surface area contributed by atoms with Crippen LogP contribution >= 0.6 is 0 Å². The lowest BCUT2D eigenvalue weighted by Gasteiger charge is -2.15. The molecule has 5 nitrogen and oxygen atoms in total. The second-order valence-corrected chi connectivity index (χ2v) is 3.78. The highest BCUT2D eigenvalue weighted by Crippen LogP contribution is 2.02. The van der Waals surface area contributed by atoms with E-state index >= 15 is 0 Å². The summed E-state index contributed by atoms with van der Waals surface area (Å²) < 4.78 is 4.85. The Morgan fingerprint density at radius 3 is 2.73 bits per heavy atom. The number of hydrogen-bond acceptors (Lipinski definition) is 4. The molecule has 0 rings (SSSR count). The van der Waals surface area contributed by atoms with Crippen molar-refractivity contribution >= 4 is 5.91 Å². The summed E-state index contributed by atoms with van der Waals surface area (Å²) in [6, 6.07) is -0.310. The summed E-state index contributed by atoms with van der Waals surface area (Å²) in [4.78, 5) is 11.4. The molecule has 0 spiro atoms. The van der Waals surface area contributed by atoms with Crippen molar-refractivity contribution in [3.63, 3.8) is 0 Å². The van der Waals surface area contributed by atoms with E-state index in [2.05, 4.69) is 5.32 Å². The second kappa shape index (κ2) is 8.64. The van der Waals surface area contributed by atoms with Gasteiger partial charge in [-0.3, -0.25) is 4.79 Å². The standard InChI is InChI=1S/C10H22N2O3/c1-8(5-11)3-4-10(14)12-9(6-13)7-15-2/h8-9,13H,3-7,11H2,1-2H3,(H,12,14). The van der Waals surface area contributed by atoms with E-state index in [1.54, 1.807) is 0 Å². The Balaban J connectivity index is 3.70. The number of aliphatic hydroxyl groups is 1. The van der Waals surface area contributed by atoms with Crippen molar-refractivity contribution in [1.29, 1.82) is 0 Å². The van der Waals surface area contributed by atoms with Gasteiger partial charge in [0.1, 0.15) is 0 Å². The van der Waals surface area contributed by atoms with Crippen molar-refractivity contribution in [1.82, 2.24) is 5.32 Å². The molecule has 0 saturated heterocycles. The first kappa shape index (κ1) is 14.3. The molecule has 5 heteroatoms. The van der Waals surface area contributed by atoms with Gasteiger partial charge in [0.25, 0.3) is 0 Å². The van der Waals surface area contributed by atoms with E-state index in [9.17, 15) is 4.79 Å². The highest BCUT2D eigenvalue weighted by Gasteiger charge is 2.11. The largest absolute Gasteiger partial charge is 0.394 e. The van der Waals surface area contributed by atoms with Gasteiger partial charge >= 0.3 is 0 Å². The Labute approximate surface area is 91.0 Å². The van der Waals surface area contributed by atoms with E-state index in [-0.39, 0.29) is 18.6 Å². The van der Waals surface area contributed by atoms with Gasteiger partial charge in [0.2, 0.25) is 5.91 Å². The summed E-state index contributed by atoms with van der Waals surface area (Å²) in [7, 11) is 1.53. The molecule has 0 aliphatic rings. The Morgan fingerprint density at radius 1 is 1.60 bits per heavy atom. The van der Waals surface area contributed by atoms with Crippen molar-refractivity contribution in [2.24, 2.45) is 11.7 Å². The molecule has 0 bridgehead atoms. The van der Waals surface area contributed by atoms with Crippen LogP contribution in [0.15, 0.2) is 0 Å². The van der Waals surface area contributed by atoms with Crippen LogP contribution in [0.4, 0.5) is 0 Å². The van der Waals surface area contributed by atoms with E-state index in [0.717, 1.165) is 6.42 Å². The molecule has 0 saturated carbocycles. The lowest BCUT2D eigenvalue weighted by atomic mass is 10.1. The zero-order chi connectivity index (χ0) is 11.7. The van der Waals surface area contributed by atoms with Crippen LogP contribution in [0.5, 0.6) is 0 Å². The first-order valence-corrected chi connectivity index (χ1v) is 5.23. The van der Waals surface area contributed by atoms with E-state index < -0.39 is 0 Å². The molecule has 0 aromatic heterocycles.